The normalized spacial score (nSPS) is 28.3. The standard InChI is InChI=1S/C16H24N2/c1-12-5-6-14(13(2)8-12)9-18-10-15-4-3-7-17-16(15)11-18/h5-6,8,15-17H,3-4,7,9-11H2,1-2H3/t15-,16+/m0/s1. The number of hydrogen-bond donors (Lipinski definition) is 1. The summed E-state index contributed by atoms with van der Waals surface area (Å²) in [4.78, 5) is 2.63. The lowest BCUT2D eigenvalue weighted by Gasteiger charge is -2.24. The number of rotatable bonds is 2. The third-order valence-electron chi connectivity index (χ3n) is 4.57. The van der Waals surface area contributed by atoms with Crippen LogP contribution in [0.1, 0.15) is 29.5 Å². The van der Waals surface area contributed by atoms with Crippen molar-refractivity contribution < 1.29 is 0 Å². The number of benzene rings is 1. The molecule has 0 aliphatic carbocycles. The van der Waals surface area contributed by atoms with Crippen molar-refractivity contribution in [3.05, 3.63) is 34.9 Å². The van der Waals surface area contributed by atoms with E-state index in [0.717, 1.165) is 18.5 Å². The maximum absolute atomic E-state index is 3.68. The van der Waals surface area contributed by atoms with Gasteiger partial charge in [0.2, 0.25) is 0 Å². The van der Waals surface area contributed by atoms with Crippen molar-refractivity contribution in [2.75, 3.05) is 19.6 Å². The molecule has 2 heteroatoms. The second-order valence-corrected chi connectivity index (χ2v) is 6.09. The van der Waals surface area contributed by atoms with Gasteiger partial charge in [0.05, 0.1) is 0 Å². The third kappa shape index (κ3) is 2.45. The van der Waals surface area contributed by atoms with E-state index in [9.17, 15) is 0 Å². The minimum atomic E-state index is 0.754. The highest BCUT2D eigenvalue weighted by molar-refractivity contribution is 5.30. The molecule has 18 heavy (non-hydrogen) atoms. The summed E-state index contributed by atoms with van der Waals surface area (Å²) in [5.74, 6) is 0.893. The van der Waals surface area contributed by atoms with Gasteiger partial charge in [-0.15, -0.1) is 0 Å². The molecule has 2 fully saturated rings. The minimum Gasteiger partial charge on any atom is -0.312 e. The van der Waals surface area contributed by atoms with Crippen LogP contribution >= 0.6 is 0 Å². The number of hydrogen-bond acceptors (Lipinski definition) is 2. The van der Waals surface area contributed by atoms with E-state index >= 15 is 0 Å². The van der Waals surface area contributed by atoms with Gasteiger partial charge in [-0.1, -0.05) is 23.8 Å². The van der Waals surface area contributed by atoms with Gasteiger partial charge in [-0.2, -0.15) is 0 Å². The smallest absolute Gasteiger partial charge is 0.0237 e. The molecule has 1 aromatic carbocycles. The van der Waals surface area contributed by atoms with Crippen molar-refractivity contribution in [2.24, 2.45) is 5.92 Å². The summed E-state index contributed by atoms with van der Waals surface area (Å²) in [7, 11) is 0. The van der Waals surface area contributed by atoms with E-state index in [2.05, 4.69) is 42.3 Å². The number of piperidine rings is 1. The van der Waals surface area contributed by atoms with E-state index in [1.165, 1.54) is 49.2 Å². The topological polar surface area (TPSA) is 15.3 Å². The molecule has 2 heterocycles. The van der Waals surface area contributed by atoms with Crippen molar-refractivity contribution >= 4 is 0 Å². The zero-order chi connectivity index (χ0) is 12.5. The number of nitrogens with zero attached hydrogens (tertiary/aromatic N) is 1. The number of nitrogens with one attached hydrogen (secondary N) is 1. The van der Waals surface area contributed by atoms with Gasteiger partial charge in [0.15, 0.2) is 0 Å². The number of likely N-dealkylation sites (tertiary alicyclic amines) is 1. The van der Waals surface area contributed by atoms with Crippen LogP contribution in [0.15, 0.2) is 18.2 Å². The van der Waals surface area contributed by atoms with Crippen LogP contribution in [0.5, 0.6) is 0 Å². The molecule has 2 aliphatic rings. The molecule has 0 aromatic heterocycles. The molecular formula is C16H24N2. The molecule has 1 aromatic rings. The predicted molar refractivity (Wildman–Crippen MR) is 75.7 cm³/mol. The van der Waals surface area contributed by atoms with Gasteiger partial charge in [0.25, 0.3) is 0 Å². The quantitative estimate of drug-likeness (QED) is 0.860. The average molecular weight is 244 g/mol. The second-order valence-electron chi connectivity index (χ2n) is 6.09. The molecule has 2 aliphatic heterocycles. The van der Waals surface area contributed by atoms with Crippen molar-refractivity contribution in [1.82, 2.24) is 10.2 Å². The Morgan fingerprint density at radius 3 is 2.94 bits per heavy atom. The van der Waals surface area contributed by atoms with Crippen LogP contribution in [0.4, 0.5) is 0 Å². The van der Waals surface area contributed by atoms with Crippen LogP contribution in [0, 0.1) is 19.8 Å². The van der Waals surface area contributed by atoms with Crippen LogP contribution in [-0.4, -0.2) is 30.6 Å². The zero-order valence-electron chi connectivity index (χ0n) is 11.6. The molecule has 0 bridgehead atoms. The van der Waals surface area contributed by atoms with Gasteiger partial charge in [0, 0.05) is 25.7 Å². The summed E-state index contributed by atoms with van der Waals surface area (Å²) >= 11 is 0. The van der Waals surface area contributed by atoms with Gasteiger partial charge in [-0.3, -0.25) is 4.90 Å². The van der Waals surface area contributed by atoms with E-state index in [-0.39, 0.29) is 0 Å². The Hall–Kier alpha value is -0.860. The summed E-state index contributed by atoms with van der Waals surface area (Å²) in [6.07, 6.45) is 2.78. The van der Waals surface area contributed by atoms with E-state index in [1.54, 1.807) is 0 Å². The molecule has 2 saturated heterocycles. The number of aryl methyl sites for hydroxylation is 2. The summed E-state index contributed by atoms with van der Waals surface area (Å²) < 4.78 is 0. The van der Waals surface area contributed by atoms with E-state index in [0.29, 0.717) is 0 Å². The maximum Gasteiger partial charge on any atom is 0.0237 e. The lowest BCUT2D eigenvalue weighted by molar-refractivity contribution is 0.312. The van der Waals surface area contributed by atoms with E-state index < -0.39 is 0 Å². The van der Waals surface area contributed by atoms with E-state index in [1.807, 2.05) is 0 Å². The first-order chi connectivity index (χ1) is 8.72. The Kier molecular flexibility index (Phi) is 3.40. The largest absolute Gasteiger partial charge is 0.312 e. The predicted octanol–water partition coefficient (Wildman–Crippen LogP) is 2.49. The van der Waals surface area contributed by atoms with Crippen LogP contribution in [0.3, 0.4) is 0 Å². The molecule has 0 unspecified atom stereocenters. The van der Waals surface area contributed by atoms with Crippen molar-refractivity contribution in [3.8, 4) is 0 Å². The van der Waals surface area contributed by atoms with Crippen molar-refractivity contribution in [2.45, 2.75) is 39.3 Å². The molecule has 3 rings (SSSR count). The third-order valence-corrected chi connectivity index (χ3v) is 4.57. The highest BCUT2D eigenvalue weighted by Gasteiger charge is 2.33. The molecule has 98 valence electrons. The zero-order valence-corrected chi connectivity index (χ0v) is 11.6. The molecule has 0 saturated carbocycles. The average Bonchev–Trinajstić information content (AvgIpc) is 2.75. The monoisotopic (exact) mass is 244 g/mol. The van der Waals surface area contributed by atoms with Gasteiger partial charge in [-0.25, -0.2) is 0 Å². The molecule has 1 N–H and O–H groups in total. The van der Waals surface area contributed by atoms with Gasteiger partial charge < -0.3 is 5.32 Å². The number of fused-ring (bicyclic) bond motifs is 1. The second kappa shape index (κ2) is 5.02. The fraction of sp³-hybridized carbons (Fsp3) is 0.625. The maximum atomic E-state index is 3.68. The van der Waals surface area contributed by atoms with Crippen LogP contribution < -0.4 is 5.32 Å². The molecule has 0 spiro atoms. The first-order valence-corrected chi connectivity index (χ1v) is 7.24. The SMILES string of the molecule is Cc1ccc(CN2C[C@@H]3CCCN[C@@H]3C2)c(C)c1. The van der Waals surface area contributed by atoms with Crippen LogP contribution in [-0.2, 0) is 6.54 Å². The Labute approximate surface area is 110 Å². The van der Waals surface area contributed by atoms with Gasteiger partial charge in [-0.05, 0) is 50.3 Å². The Morgan fingerprint density at radius 1 is 1.28 bits per heavy atom. The highest BCUT2D eigenvalue weighted by atomic mass is 15.2. The summed E-state index contributed by atoms with van der Waals surface area (Å²) in [6, 6.07) is 7.60. The summed E-state index contributed by atoms with van der Waals surface area (Å²) in [5.41, 5.74) is 4.31. The van der Waals surface area contributed by atoms with E-state index in [4.69, 9.17) is 0 Å². The van der Waals surface area contributed by atoms with Crippen LogP contribution in [0.2, 0.25) is 0 Å². The van der Waals surface area contributed by atoms with Crippen molar-refractivity contribution in [3.63, 3.8) is 0 Å². The van der Waals surface area contributed by atoms with Gasteiger partial charge >= 0.3 is 0 Å². The lowest BCUT2D eigenvalue weighted by Crippen LogP contribution is -2.40. The molecule has 2 atom stereocenters. The first-order valence-electron chi connectivity index (χ1n) is 7.24. The molecule has 2 nitrogen and oxygen atoms in total. The summed E-state index contributed by atoms with van der Waals surface area (Å²) in [5, 5.41) is 3.68. The first kappa shape index (κ1) is 12.2. The fourth-order valence-corrected chi connectivity index (χ4v) is 3.53. The van der Waals surface area contributed by atoms with Crippen LogP contribution in [0.25, 0.3) is 0 Å². The molecule has 0 radical (unpaired) electrons. The fourth-order valence-electron chi connectivity index (χ4n) is 3.53. The highest BCUT2D eigenvalue weighted by Crippen LogP contribution is 2.26. The van der Waals surface area contributed by atoms with Gasteiger partial charge in [0.1, 0.15) is 0 Å². The Morgan fingerprint density at radius 2 is 2.17 bits per heavy atom. The lowest BCUT2D eigenvalue weighted by atomic mass is 9.94. The minimum absolute atomic E-state index is 0.754. The summed E-state index contributed by atoms with van der Waals surface area (Å²) in [6.45, 7) is 9.27. The Bertz CT molecular complexity index is 413. The van der Waals surface area contributed by atoms with Crippen molar-refractivity contribution in [1.29, 1.82) is 0 Å². The molecular weight excluding hydrogens is 220 g/mol. The Balaban J connectivity index is 1.66. The molecule has 0 amide bonds.